The monoisotopic (exact) mass is 306 g/mol. The Morgan fingerprint density at radius 3 is 2.86 bits per heavy atom. The van der Waals surface area contributed by atoms with Gasteiger partial charge in [-0.1, -0.05) is 25.1 Å². The maximum absolute atomic E-state index is 14.2. The van der Waals surface area contributed by atoms with E-state index in [9.17, 15) is 4.39 Å². The first-order chi connectivity index (χ1) is 10.0. The number of fused-ring (bicyclic) bond motifs is 1. The zero-order chi connectivity index (χ0) is 15.4. The van der Waals surface area contributed by atoms with Crippen LogP contribution in [0.3, 0.4) is 0 Å². The quantitative estimate of drug-likeness (QED) is 0.773. The lowest BCUT2D eigenvalue weighted by molar-refractivity contribution is 0.355. The summed E-state index contributed by atoms with van der Waals surface area (Å²) < 4.78 is 15.3. The van der Waals surface area contributed by atoms with Crippen molar-refractivity contribution < 1.29 is 4.39 Å². The van der Waals surface area contributed by atoms with Gasteiger partial charge in [-0.15, -0.1) is 11.3 Å². The van der Waals surface area contributed by atoms with Gasteiger partial charge in [-0.2, -0.15) is 0 Å². The highest BCUT2D eigenvalue weighted by Crippen LogP contribution is 2.34. The molecule has 0 saturated carbocycles. The molecule has 1 heterocycles. The van der Waals surface area contributed by atoms with Crippen molar-refractivity contribution in [3.05, 3.63) is 46.6 Å². The van der Waals surface area contributed by atoms with E-state index in [1.54, 1.807) is 23.5 Å². The van der Waals surface area contributed by atoms with Gasteiger partial charge in [0.1, 0.15) is 5.82 Å². The molecular weight excluding hydrogens is 283 g/mol. The molecule has 2 nitrogen and oxygen atoms in total. The molecule has 0 aliphatic rings. The van der Waals surface area contributed by atoms with Crippen molar-refractivity contribution in [1.82, 2.24) is 10.2 Å². The summed E-state index contributed by atoms with van der Waals surface area (Å²) in [5.41, 5.74) is 2.23. The van der Waals surface area contributed by atoms with Crippen LogP contribution in [0.15, 0.2) is 30.4 Å². The standard InChI is InChI=1S/C17H23FN2S/c1-5-19-9-16-13(11-20(4)10-12(2)3)17-14(18)7-6-8-15(17)21-16/h6-8,19H,2,5,9-11H2,1,3-4H3. The molecule has 0 radical (unpaired) electrons. The SMILES string of the molecule is C=C(C)CN(C)Cc1c(CNCC)sc2cccc(F)c12. The van der Waals surface area contributed by atoms with Crippen LogP contribution < -0.4 is 5.32 Å². The third-order valence-electron chi connectivity index (χ3n) is 3.35. The van der Waals surface area contributed by atoms with Crippen LogP contribution in [-0.4, -0.2) is 25.0 Å². The lowest BCUT2D eigenvalue weighted by atomic mass is 10.1. The van der Waals surface area contributed by atoms with Gasteiger partial charge >= 0.3 is 0 Å². The number of halogens is 1. The van der Waals surface area contributed by atoms with Gasteiger partial charge < -0.3 is 5.32 Å². The Balaban J connectivity index is 2.39. The molecular formula is C17H23FN2S. The van der Waals surface area contributed by atoms with E-state index in [-0.39, 0.29) is 5.82 Å². The summed E-state index contributed by atoms with van der Waals surface area (Å²) >= 11 is 1.69. The zero-order valence-corrected chi connectivity index (χ0v) is 13.8. The Hall–Kier alpha value is -1.23. The van der Waals surface area contributed by atoms with E-state index in [1.807, 2.05) is 13.0 Å². The summed E-state index contributed by atoms with van der Waals surface area (Å²) in [6, 6.07) is 5.34. The summed E-state index contributed by atoms with van der Waals surface area (Å²) in [5.74, 6) is -0.120. The first-order valence-electron chi connectivity index (χ1n) is 7.25. The van der Waals surface area contributed by atoms with Crippen LogP contribution in [0.1, 0.15) is 24.3 Å². The van der Waals surface area contributed by atoms with E-state index in [2.05, 4.69) is 30.8 Å². The first kappa shape index (κ1) is 16.1. The predicted molar refractivity (Wildman–Crippen MR) is 90.3 cm³/mol. The van der Waals surface area contributed by atoms with Crippen molar-refractivity contribution in [2.45, 2.75) is 26.9 Å². The molecule has 0 fully saturated rings. The van der Waals surface area contributed by atoms with E-state index in [4.69, 9.17) is 0 Å². The maximum Gasteiger partial charge on any atom is 0.132 e. The van der Waals surface area contributed by atoms with Gasteiger partial charge in [0.05, 0.1) is 0 Å². The van der Waals surface area contributed by atoms with Gasteiger partial charge in [-0.3, -0.25) is 4.90 Å². The Morgan fingerprint density at radius 1 is 1.43 bits per heavy atom. The molecule has 0 bridgehead atoms. The molecule has 0 amide bonds. The Labute approximate surface area is 130 Å². The van der Waals surface area contributed by atoms with Crippen LogP contribution in [0, 0.1) is 5.82 Å². The maximum atomic E-state index is 14.2. The molecule has 0 aliphatic heterocycles. The number of thiophene rings is 1. The van der Waals surface area contributed by atoms with Crippen molar-refractivity contribution in [3.63, 3.8) is 0 Å². The highest BCUT2D eigenvalue weighted by atomic mass is 32.1. The second-order valence-corrected chi connectivity index (χ2v) is 6.66. The summed E-state index contributed by atoms with van der Waals surface area (Å²) in [7, 11) is 2.05. The lowest BCUT2D eigenvalue weighted by Gasteiger charge is -2.17. The van der Waals surface area contributed by atoms with Crippen LogP contribution in [0.4, 0.5) is 4.39 Å². The molecule has 0 spiro atoms. The summed E-state index contributed by atoms with van der Waals surface area (Å²) in [5, 5.41) is 4.13. The average molecular weight is 306 g/mol. The number of likely N-dealkylation sites (N-methyl/N-ethyl adjacent to an activating group) is 1. The Bertz CT molecular complexity index is 633. The molecule has 114 valence electrons. The highest BCUT2D eigenvalue weighted by Gasteiger charge is 2.16. The Morgan fingerprint density at radius 2 is 2.19 bits per heavy atom. The largest absolute Gasteiger partial charge is 0.312 e. The third-order valence-corrected chi connectivity index (χ3v) is 4.55. The molecule has 0 unspecified atom stereocenters. The topological polar surface area (TPSA) is 15.3 Å². The fourth-order valence-electron chi connectivity index (χ4n) is 2.55. The molecule has 2 rings (SSSR count). The molecule has 1 N–H and O–H groups in total. The van der Waals surface area contributed by atoms with Gasteiger partial charge in [0.15, 0.2) is 0 Å². The van der Waals surface area contributed by atoms with Crippen molar-refractivity contribution >= 4 is 21.4 Å². The van der Waals surface area contributed by atoms with Crippen LogP contribution in [0.5, 0.6) is 0 Å². The number of nitrogens with zero attached hydrogens (tertiary/aromatic N) is 1. The zero-order valence-electron chi connectivity index (χ0n) is 13.0. The normalized spacial score (nSPS) is 11.5. The van der Waals surface area contributed by atoms with Crippen LogP contribution in [0.2, 0.25) is 0 Å². The van der Waals surface area contributed by atoms with E-state index < -0.39 is 0 Å². The minimum Gasteiger partial charge on any atom is -0.312 e. The van der Waals surface area contributed by atoms with Gasteiger partial charge in [0.25, 0.3) is 0 Å². The Kier molecular flexibility index (Phi) is 5.51. The molecule has 0 aliphatic carbocycles. The fraction of sp³-hybridized carbons (Fsp3) is 0.412. The van der Waals surface area contributed by atoms with E-state index in [0.29, 0.717) is 0 Å². The molecule has 2 aromatic rings. The fourth-order valence-corrected chi connectivity index (χ4v) is 3.75. The first-order valence-corrected chi connectivity index (χ1v) is 8.07. The summed E-state index contributed by atoms with van der Waals surface area (Å²) in [4.78, 5) is 3.41. The second kappa shape index (κ2) is 7.16. The lowest BCUT2D eigenvalue weighted by Crippen LogP contribution is -2.21. The van der Waals surface area contributed by atoms with Gasteiger partial charge in [0.2, 0.25) is 0 Å². The molecule has 0 atom stereocenters. The highest BCUT2D eigenvalue weighted by molar-refractivity contribution is 7.19. The van der Waals surface area contributed by atoms with Crippen molar-refractivity contribution in [2.75, 3.05) is 20.1 Å². The van der Waals surface area contributed by atoms with Crippen molar-refractivity contribution in [1.29, 1.82) is 0 Å². The third kappa shape index (κ3) is 3.90. The van der Waals surface area contributed by atoms with Gasteiger partial charge in [-0.05, 0) is 38.2 Å². The van der Waals surface area contributed by atoms with Crippen molar-refractivity contribution in [3.8, 4) is 0 Å². The molecule has 1 aromatic heterocycles. The van der Waals surface area contributed by atoms with Crippen LogP contribution >= 0.6 is 11.3 Å². The van der Waals surface area contributed by atoms with Gasteiger partial charge in [0, 0.05) is 34.6 Å². The minimum absolute atomic E-state index is 0.120. The molecule has 4 heteroatoms. The second-order valence-electron chi connectivity index (χ2n) is 5.53. The van der Waals surface area contributed by atoms with Crippen molar-refractivity contribution in [2.24, 2.45) is 0 Å². The number of nitrogens with one attached hydrogen (secondary N) is 1. The minimum atomic E-state index is -0.120. The predicted octanol–water partition coefficient (Wildman–Crippen LogP) is 4.16. The summed E-state index contributed by atoms with van der Waals surface area (Å²) in [6.45, 7) is 11.3. The van der Waals surface area contributed by atoms with E-state index in [0.717, 1.165) is 47.4 Å². The molecule has 0 saturated heterocycles. The van der Waals surface area contributed by atoms with Crippen LogP contribution in [-0.2, 0) is 13.1 Å². The van der Waals surface area contributed by atoms with E-state index in [1.165, 1.54) is 4.88 Å². The number of rotatable bonds is 7. The average Bonchev–Trinajstić information content (AvgIpc) is 2.74. The van der Waals surface area contributed by atoms with E-state index >= 15 is 0 Å². The van der Waals surface area contributed by atoms with Gasteiger partial charge in [-0.25, -0.2) is 4.39 Å². The number of hydrogen-bond acceptors (Lipinski definition) is 3. The number of benzene rings is 1. The summed E-state index contributed by atoms with van der Waals surface area (Å²) in [6.07, 6.45) is 0. The molecule has 1 aromatic carbocycles. The van der Waals surface area contributed by atoms with Crippen LogP contribution in [0.25, 0.3) is 10.1 Å². The smallest absolute Gasteiger partial charge is 0.132 e. The molecule has 21 heavy (non-hydrogen) atoms. The number of hydrogen-bond donors (Lipinski definition) is 1.